The molecule has 1 atom stereocenters. The Bertz CT molecular complexity index is 355. The Morgan fingerprint density at radius 2 is 2.06 bits per heavy atom. The Hall–Kier alpha value is -1.10. The molecular formula is C13H20N2O2. The van der Waals surface area contributed by atoms with E-state index in [1.54, 1.807) is 7.11 Å². The van der Waals surface area contributed by atoms with E-state index in [9.17, 15) is 0 Å². The zero-order valence-electron chi connectivity index (χ0n) is 10.4. The van der Waals surface area contributed by atoms with Crippen molar-refractivity contribution in [2.24, 2.45) is 11.1 Å². The summed E-state index contributed by atoms with van der Waals surface area (Å²) in [4.78, 5) is 0. The van der Waals surface area contributed by atoms with Gasteiger partial charge >= 0.3 is 0 Å². The standard InChI is InChI=1S/C13H20N2O2/c1-15-12(13(7-14)8-17-9-13)10-3-5-11(16-2)6-4-10/h3-6,12,15H,7-9,14H2,1-2H3. The van der Waals surface area contributed by atoms with Crippen LogP contribution in [0.2, 0.25) is 0 Å². The fraction of sp³-hybridized carbons (Fsp3) is 0.538. The first-order valence-electron chi connectivity index (χ1n) is 5.85. The molecular weight excluding hydrogens is 216 g/mol. The molecule has 3 N–H and O–H groups in total. The zero-order valence-corrected chi connectivity index (χ0v) is 10.4. The van der Waals surface area contributed by atoms with Crippen molar-refractivity contribution in [3.05, 3.63) is 29.8 Å². The zero-order chi connectivity index (χ0) is 12.3. The van der Waals surface area contributed by atoms with Crippen LogP contribution in [0.15, 0.2) is 24.3 Å². The summed E-state index contributed by atoms with van der Waals surface area (Å²) in [7, 11) is 3.64. The molecule has 4 heteroatoms. The second-order valence-electron chi connectivity index (χ2n) is 4.55. The topological polar surface area (TPSA) is 56.5 Å². The van der Waals surface area contributed by atoms with E-state index in [0.29, 0.717) is 6.54 Å². The molecule has 4 nitrogen and oxygen atoms in total. The van der Waals surface area contributed by atoms with E-state index in [2.05, 4.69) is 17.4 Å². The third-order valence-corrected chi connectivity index (χ3v) is 3.54. The van der Waals surface area contributed by atoms with Gasteiger partial charge in [-0.3, -0.25) is 0 Å². The predicted octanol–water partition coefficient (Wildman–Crippen LogP) is 0.931. The fourth-order valence-electron chi connectivity index (χ4n) is 2.39. The lowest BCUT2D eigenvalue weighted by Gasteiger charge is -2.46. The molecule has 1 fully saturated rings. The molecule has 0 amide bonds. The number of nitrogens with one attached hydrogen (secondary N) is 1. The van der Waals surface area contributed by atoms with Gasteiger partial charge in [-0.25, -0.2) is 0 Å². The molecule has 1 heterocycles. The molecule has 2 rings (SSSR count). The number of nitrogens with two attached hydrogens (primary N) is 1. The molecule has 1 aliphatic heterocycles. The maximum Gasteiger partial charge on any atom is 0.118 e. The van der Waals surface area contributed by atoms with E-state index in [0.717, 1.165) is 19.0 Å². The van der Waals surface area contributed by atoms with E-state index in [1.165, 1.54) is 5.56 Å². The summed E-state index contributed by atoms with van der Waals surface area (Å²) in [6, 6.07) is 8.34. The number of benzene rings is 1. The lowest BCUT2D eigenvalue weighted by molar-refractivity contribution is -0.126. The molecule has 0 aromatic heterocycles. The Balaban J connectivity index is 2.22. The molecule has 0 aliphatic carbocycles. The van der Waals surface area contributed by atoms with Crippen LogP contribution in [0, 0.1) is 5.41 Å². The van der Waals surface area contributed by atoms with Crippen molar-refractivity contribution in [2.75, 3.05) is 33.9 Å². The van der Waals surface area contributed by atoms with E-state index in [4.69, 9.17) is 15.2 Å². The number of ether oxygens (including phenoxy) is 2. The number of hydrogen-bond acceptors (Lipinski definition) is 4. The summed E-state index contributed by atoms with van der Waals surface area (Å²) in [5.74, 6) is 0.871. The first-order valence-corrected chi connectivity index (χ1v) is 5.85. The summed E-state index contributed by atoms with van der Waals surface area (Å²) in [5.41, 5.74) is 7.15. The maximum absolute atomic E-state index is 5.89. The highest BCUT2D eigenvalue weighted by Gasteiger charge is 2.44. The third-order valence-electron chi connectivity index (χ3n) is 3.54. The van der Waals surface area contributed by atoms with Gasteiger partial charge in [0.05, 0.1) is 20.3 Å². The predicted molar refractivity (Wildman–Crippen MR) is 67.1 cm³/mol. The summed E-state index contributed by atoms with van der Waals surface area (Å²) in [5, 5.41) is 3.35. The van der Waals surface area contributed by atoms with Gasteiger partial charge in [-0.2, -0.15) is 0 Å². The summed E-state index contributed by atoms with van der Waals surface area (Å²) in [6.45, 7) is 2.08. The quantitative estimate of drug-likeness (QED) is 0.798. The third kappa shape index (κ3) is 2.16. The largest absolute Gasteiger partial charge is 0.497 e. The molecule has 0 bridgehead atoms. The second-order valence-corrected chi connectivity index (χ2v) is 4.55. The van der Waals surface area contributed by atoms with Crippen LogP contribution in [-0.4, -0.2) is 33.9 Å². The van der Waals surface area contributed by atoms with E-state index >= 15 is 0 Å². The van der Waals surface area contributed by atoms with Crippen LogP contribution in [0.3, 0.4) is 0 Å². The minimum atomic E-state index is 0.0311. The average molecular weight is 236 g/mol. The molecule has 0 radical (unpaired) electrons. The molecule has 1 aromatic rings. The number of rotatable bonds is 5. The van der Waals surface area contributed by atoms with Gasteiger partial charge in [-0.05, 0) is 24.7 Å². The van der Waals surface area contributed by atoms with Gasteiger partial charge in [0.1, 0.15) is 5.75 Å². The maximum atomic E-state index is 5.89. The van der Waals surface area contributed by atoms with Crippen molar-refractivity contribution in [1.82, 2.24) is 5.32 Å². The Kier molecular flexibility index (Phi) is 3.66. The van der Waals surface area contributed by atoms with Crippen LogP contribution in [0.4, 0.5) is 0 Å². The van der Waals surface area contributed by atoms with Crippen LogP contribution in [0.25, 0.3) is 0 Å². The van der Waals surface area contributed by atoms with Crippen LogP contribution in [0.1, 0.15) is 11.6 Å². The Labute approximate surface area is 102 Å². The van der Waals surface area contributed by atoms with Crippen LogP contribution in [-0.2, 0) is 4.74 Å². The van der Waals surface area contributed by atoms with Crippen molar-refractivity contribution >= 4 is 0 Å². The van der Waals surface area contributed by atoms with Crippen LogP contribution < -0.4 is 15.8 Å². The van der Waals surface area contributed by atoms with Crippen LogP contribution >= 0.6 is 0 Å². The second kappa shape index (κ2) is 5.04. The van der Waals surface area contributed by atoms with Crippen LogP contribution in [0.5, 0.6) is 5.75 Å². The first kappa shape index (κ1) is 12.4. The van der Waals surface area contributed by atoms with E-state index < -0.39 is 0 Å². The average Bonchev–Trinajstić information content (AvgIpc) is 2.34. The SMILES string of the molecule is CNC(c1ccc(OC)cc1)C1(CN)COC1. The van der Waals surface area contributed by atoms with Crippen molar-refractivity contribution in [3.8, 4) is 5.75 Å². The number of methoxy groups -OCH3 is 1. The minimum Gasteiger partial charge on any atom is -0.497 e. The van der Waals surface area contributed by atoms with Gasteiger partial charge in [0.2, 0.25) is 0 Å². The molecule has 1 aromatic carbocycles. The highest BCUT2D eigenvalue weighted by atomic mass is 16.5. The van der Waals surface area contributed by atoms with Gasteiger partial charge < -0.3 is 20.5 Å². The minimum absolute atomic E-state index is 0.0311. The van der Waals surface area contributed by atoms with Gasteiger partial charge in [0.25, 0.3) is 0 Å². The molecule has 17 heavy (non-hydrogen) atoms. The summed E-state index contributed by atoms with van der Waals surface area (Å²) >= 11 is 0. The van der Waals surface area contributed by atoms with E-state index in [-0.39, 0.29) is 11.5 Å². The van der Waals surface area contributed by atoms with Gasteiger partial charge in [0, 0.05) is 18.0 Å². The molecule has 0 spiro atoms. The smallest absolute Gasteiger partial charge is 0.118 e. The molecule has 0 saturated carbocycles. The number of hydrogen-bond donors (Lipinski definition) is 2. The summed E-state index contributed by atoms with van der Waals surface area (Å²) in [6.07, 6.45) is 0. The monoisotopic (exact) mass is 236 g/mol. The van der Waals surface area contributed by atoms with Crippen molar-refractivity contribution < 1.29 is 9.47 Å². The lowest BCUT2D eigenvalue weighted by atomic mass is 9.75. The van der Waals surface area contributed by atoms with Crippen molar-refractivity contribution in [2.45, 2.75) is 6.04 Å². The highest BCUT2D eigenvalue weighted by molar-refractivity contribution is 5.30. The fourth-order valence-corrected chi connectivity index (χ4v) is 2.39. The summed E-state index contributed by atoms with van der Waals surface area (Å²) < 4.78 is 10.5. The molecule has 1 aliphatic rings. The normalized spacial score (nSPS) is 19.5. The Morgan fingerprint density at radius 3 is 2.41 bits per heavy atom. The van der Waals surface area contributed by atoms with Gasteiger partial charge in [0.15, 0.2) is 0 Å². The Morgan fingerprint density at radius 1 is 1.41 bits per heavy atom. The van der Waals surface area contributed by atoms with Gasteiger partial charge in [-0.1, -0.05) is 12.1 Å². The molecule has 1 unspecified atom stereocenters. The highest BCUT2D eigenvalue weighted by Crippen LogP contribution is 2.39. The van der Waals surface area contributed by atoms with Crippen molar-refractivity contribution in [3.63, 3.8) is 0 Å². The van der Waals surface area contributed by atoms with Gasteiger partial charge in [-0.15, -0.1) is 0 Å². The van der Waals surface area contributed by atoms with Crippen molar-refractivity contribution in [1.29, 1.82) is 0 Å². The first-order chi connectivity index (χ1) is 8.25. The van der Waals surface area contributed by atoms with E-state index in [1.807, 2.05) is 19.2 Å². The molecule has 94 valence electrons. The lowest BCUT2D eigenvalue weighted by Crippen LogP contribution is -2.55. The molecule has 1 saturated heterocycles.